The molecule has 88 valence electrons. The molecular weight excluding hydrogens is 206 g/mol. The zero-order chi connectivity index (χ0) is 11.8. The first-order valence-electron chi connectivity index (χ1n) is 6.36. The van der Waals surface area contributed by atoms with Gasteiger partial charge in [-0.05, 0) is 44.3 Å². The molecule has 0 fully saturated rings. The molecule has 2 rings (SSSR count). The average Bonchev–Trinajstić information content (AvgIpc) is 2.24. The van der Waals surface area contributed by atoms with Crippen molar-refractivity contribution in [2.45, 2.75) is 32.1 Å². The third-order valence-electron chi connectivity index (χ3n) is 2.78. The van der Waals surface area contributed by atoms with Crippen molar-refractivity contribution in [3.05, 3.63) is 60.4 Å². The van der Waals surface area contributed by atoms with Crippen molar-refractivity contribution in [1.82, 2.24) is 0 Å². The Balaban J connectivity index is 2.11. The minimum absolute atomic E-state index is 0.986. The molecule has 2 aliphatic carbocycles. The van der Waals surface area contributed by atoms with Crippen LogP contribution in [0.4, 0.5) is 0 Å². The molecule has 0 aromatic rings. The van der Waals surface area contributed by atoms with Crippen molar-refractivity contribution in [3.8, 4) is 0 Å². The van der Waals surface area contributed by atoms with Crippen LogP contribution in [0, 0.1) is 0 Å². The molecular formula is C16H19N. The van der Waals surface area contributed by atoms with Crippen LogP contribution in [-0.2, 0) is 0 Å². The van der Waals surface area contributed by atoms with Gasteiger partial charge >= 0.3 is 0 Å². The summed E-state index contributed by atoms with van der Waals surface area (Å²) >= 11 is 0. The molecule has 0 heterocycles. The molecule has 1 heteroatoms. The van der Waals surface area contributed by atoms with Crippen molar-refractivity contribution in [2.24, 2.45) is 4.99 Å². The molecule has 0 saturated carbocycles. The first-order chi connectivity index (χ1) is 8.45. The summed E-state index contributed by atoms with van der Waals surface area (Å²) in [4.78, 5) is 4.73. The predicted octanol–water partition coefficient (Wildman–Crippen LogP) is 4.51. The fraction of sp³-hybridized carbons (Fsp3) is 0.312. The first kappa shape index (κ1) is 11.8. The van der Waals surface area contributed by atoms with E-state index in [-0.39, 0.29) is 0 Å². The van der Waals surface area contributed by atoms with Gasteiger partial charge in [0.25, 0.3) is 0 Å². The standard InChI is InChI=1S/C16H19N/c1-3-7-11-15(12-8-4-1)17-16-13-9-5-2-6-10-14-16/h1-3,5,8,10-12,14H,4,6-7,9,13H2. The largest absolute Gasteiger partial charge is 0.254 e. The Labute approximate surface area is 104 Å². The molecule has 0 unspecified atom stereocenters. The second-order valence-electron chi connectivity index (χ2n) is 4.23. The zero-order valence-corrected chi connectivity index (χ0v) is 10.2. The number of hydrogen-bond acceptors (Lipinski definition) is 1. The third-order valence-corrected chi connectivity index (χ3v) is 2.78. The normalized spacial score (nSPS) is 22.8. The van der Waals surface area contributed by atoms with Crippen LogP contribution in [0.2, 0.25) is 0 Å². The van der Waals surface area contributed by atoms with Gasteiger partial charge in [-0.3, -0.25) is 4.99 Å². The minimum atomic E-state index is 0.986. The lowest BCUT2D eigenvalue weighted by Crippen LogP contribution is -1.95. The Kier molecular flexibility index (Phi) is 4.77. The van der Waals surface area contributed by atoms with E-state index in [2.05, 4.69) is 54.7 Å². The van der Waals surface area contributed by atoms with Crippen LogP contribution >= 0.6 is 0 Å². The number of rotatable bonds is 1. The summed E-state index contributed by atoms with van der Waals surface area (Å²) in [7, 11) is 0. The van der Waals surface area contributed by atoms with E-state index in [4.69, 9.17) is 4.99 Å². The van der Waals surface area contributed by atoms with Gasteiger partial charge in [0.1, 0.15) is 0 Å². The monoisotopic (exact) mass is 225 g/mol. The lowest BCUT2D eigenvalue weighted by Gasteiger charge is -2.04. The maximum absolute atomic E-state index is 4.73. The third kappa shape index (κ3) is 4.39. The van der Waals surface area contributed by atoms with E-state index in [0.717, 1.165) is 37.8 Å². The fourth-order valence-corrected chi connectivity index (χ4v) is 1.87. The Hall–Kier alpha value is -1.63. The van der Waals surface area contributed by atoms with E-state index in [1.54, 1.807) is 0 Å². The number of nitrogens with zero attached hydrogens (tertiary/aromatic N) is 1. The molecule has 0 amide bonds. The SMILES string of the molecule is C1=CCC=C(N=C2C=CCC=CCC2)C=CC1. The first-order valence-corrected chi connectivity index (χ1v) is 6.36. The molecule has 1 nitrogen and oxygen atoms in total. The molecule has 0 aliphatic heterocycles. The molecule has 17 heavy (non-hydrogen) atoms. The second kappa shape index (κ2) is 6.85. The van der Waals surface area contributed by atoms with Crippen molar-refractivity contribution < 1.29 is 0 Å². The van der Waals surface area contributed by atoms with Crippen LogP contribution in [0.1, 0.15) is 32.1 Å². The Morgan fingerprint density at radius 2 is 1.53 bits per heavy atom. The number of allylic oxidation sites excluding steroid dienone is 9. The molecule has 0 aromatic carbocycles. The van der Waals surface area contributed by atoms with Crippen molar-refractivity contribution >= 4 is 5.71 Å². The molecule has 0 radical (unpaired) electrons. The average molecular weight is 225 g/mol. The van der Waals surface area contributed by atoms with Gasteiger partial charge in [-0.2, -0.15) is 0 Å². The lowest BCUT2D eigenvalue weighted by molar-refractivity contribution is 1.07. The van der Waals surface area contributed by atoms with E-state index in [9.17, 15) is 0 Å². The quantitative estimate of drug-likeness (QED) is 0.582. The lowest BCUT2D eigenvalue weighted by atomic mass is 10.1. The molecule has 0 N–H and O–H groups in total. The molecule has 0 spiro atoms. The maximum Gasteiger partial charge on any atom is 0.0593 e. The number of aliphatic imine (C=N–C) groups is 1. The van der Waals surface area contributed by atoms with E-state index in [1.807, 2.05) is 0 Å². The Morgan fingerprint density at radius 1 is 0.765 bits per heavy atom. The molecule has 0 saturated heterocycles. The predicted molar refractivity (Wildman–Crippen MR) is 75.2 cm³/mol. The summed E-state index contributed by atoms with van der Waals surface area (Å²) in [5, 5.41) is 0. The van der Waals surface area contributed by atoms with Gasteiger partial charge < -0.3 is 0 Å². The van der Waals surface area contributed by atoms with Gasteiger partial charge in [0.2, 0.25) is 0 Å². The summed E-state index contributed by atoms with van der Waals surface area (Å²) in [6.07, 6.45) is 24.8. The fourth-order valence-electron chi connectivity index (χ4n) is 1.87. The topological polar surface area (TPSA) is 12.4 Å². The highest BCUT2D eigenvalue weighted by Crippen LogP contribution is 2.11. The van der Waals surface area contributed by atoms with Gasteiger partial charge in [0.05, 0.1) is 5.70 Å². The highest BCUT2D eigenvalue weighted by Gasteiger charge is 1.98. The van der Waals surface area contributed by atoms with Gasteiger partial charge in [0, 0.05) is 5.71 Å². The van der Waals surface area contributed by atoms with Crippen LogP contribution < -0.4 is 0 Å². The van der Waals surface area contributed by atoms with Gasteiger partial charge in [-0.15, -0.1) is 0 Å². The summed E-state index contributed by atoms with van der Waals surface area (Å²) in [5.41, 5.74) is 2.29. The molecule has 2 aliphatic rings. The minimum Gasteiger partial charge on any atom is -0.254 e. The van der Waals surface area contributed by atoms with E-state index in [0.29, 0.717) is 0 Å². The van der Waals surface area contributed by atoms with E-state index >= 15 is 0 Å². The van der Waals surface area contributed by atoms with Crippen molar-refractivity contribution in [1.29, 1.82) is 0 Å². The smallest absolute Gasteiger partial charge is 0.0593 e. The highest BCUT2D eigenvalue weighted by molar-refractivity contribution is 5.96. The summed E-state index contributed by atoms with van der Waals surface area (Å²) in [6, 6.07) is 0. The number of hydrogen-bond donors (Lipinski definition) is 0. The Bertz CT molecular complexity index is 417. The van der Waals surface area contributed by atoms with Gasteiger partial charge in [-0.1, -0.05) is 42.5 Å². The van der Waals surface area contributed by atoms with Crippen molar-refractivity contribution in [2.75, 3.05) is 0 Å². The van der Waals surface area contributed by atoms with Crippen LogP contribution in [0.5, 0.6) is 0 Å². The van der Waals surface area contributed by atoms with Crippen LogP contribution in [0.15, 0.2) is 65.4 Å². The van der Waals surface area contributed by atoms with Gasteiger partial charge in [0.15, 0.2) is 0 Å². The van der Waals surface area contributed by atoms with Crippen molar-refractivity contribution in [3.63, 3.8) is 0 Å². The Morgan fingerprint density at radius 3 is 2.47 bits per heavy atom. The van der Waals surface area contributed by atoms with Crippen LogP contribution in [0.3, 0.4) is 0 Å². The van der Waals surface area contributed by atoms with E-state index in [1.165, 1.54) is 5.71 Å². The zero-order valence-electron chi connectivity index (χ0n) is 10.2. The summed E-state index contributed by atoms with van der Waals surface area (Å²) in [6.45, 7) is 0. The highest BCUT2D eigenvalue weighted by atomic mass is 14.7. The summed E-state index contributed by atoms with van der Waals surface area (Å²) < 4.78 is 0. The molecule has 0 bridgehead atoms. The molecule has 0 atom stereocenters. The summed E-state index contributed by atoms with van der Waals surface area (Å²) in [5.74, 6) is 0. The second-order valence-corrected chi connectivity index (χ2v) is 4.23. The van der Waals surface area contributed by atoms with Crippen LogP contribution in [-0.4, -0.2) is 5.71 Å². The van der Waals surface area contributed by atoms with E-state index < -0.39 is 0 Å². The van der Waals surface area contributed by atoms with Crippen LogP contribution in [0.25, 0.3) is 0 Å². The maximum atomic E-state index is 4.73. The van der Waals surface area contributed by atoms with Gasteiger partial charge in [-0.25, -0.2) is 0 Å². The molecule has 0 aromatic heterocycles.